The Labute approximate surface area is 95.4 Å². The van der Waals surface area contributed by atoms with Gasteiger partial charge in [-0.15, -0.1) is 0 Å². The first-order valence-corrected chi connectivity index (χ1v) is 5.44. The molecule has 2 heterocycles. The molecular weight excluding hydrogens is 200 g/mol. The molecule has 2 aromatic rings. The fourth-order valence-corrected chi connectivity index (χ4v) is 1.65. The molecule has 4 heteroatoms. The molecule has 4 nitrogen and oxygen atoms in total. The second kappa shape index (κ2) is 5.42. The molecule has 0 saturated carbocycles. The van der Waals surface area contributed by atoms with E-state index in [-0.39, 0.29) is 0 Å². The van der Waals surface area contributed by atoms with Crippen LogP contribution in [-0.2, 0) is 19.5 Å². The molecule has 2 rings (SSSR count). The Balaban J connectivity index is 1.97. The highest BCUT2D eigenvalue weighted by atomic mass is 15.1. The van der Waals surface area contributed by atoms with Crippen molar-refractivity contribution in [1.82, 2.24) is 19.9 Å². The van der Waals surface area contributed by atoms with Gasteiger partial charge in [-0.1, -0.05) is 6.07 Å². The van der Waals surface area contributed by atoms with E-state index in [1.54, 1.807) is 0 Å². The fraction of sp³-hybridized carbons (Fsp3) is 0.333. The van der Waals surface area contributed by atoms with Crippen LogP contribution in [0, 0.1) is 0 Å². The standard InChI is InChI=1S/C12H16N4/c1-13-10-12-15-7-9-16(12)8-5-11-4-2-3-6-14-11/h2-4,6-7,9,13H,5,8,10H2,1H3. The molecule has 16 heavy (non-hydrogen) atoms. The van der Waals surface area contributed by atoms with Crippen molar-refractivity contribution >= 4 is 0 Å². The molecule has 0 aromatic carbocycles. The van der Waals surface area contributed by atoms with Crippen LogP contribution in [0.3, 0.4) is 0 Å². The van der Waals surface area contributed by atoms with Gasteiger partial charge in [0, 0.05) is 37.3 Å². The molecular formula is C12H16N4. The van der Waals surface area contributed by atoms with E-state index in [1.807, 2.05) is 37.8 Å². The Morgan fingerprint density at radius 3 is 2.94 bits per heavy atom. The van der Waals surface area contributed by atoms with Gasteiger partial charge in [0.1, 0.15) is 5.82 Å². The molecule has 1 N–H and O–H groups in total. The van der Waals surface area contributed by atoms with Gasteiger partial charge in [0.25, 0.3) is 0 Å². The van der Waals surface area contributed by atoms with Crippen molar-refractivity contribution in [2.24, 2.45) is 0 Å². The first-order valence-electron chi connectivity index (χ1n) is 5.44. The van der Waals surface area contributed by atoms with Gasteiger partial charge in [-0.25, -0.2) is 4.98 Å². The maximum absolute atomic E-state index is 4.30. The lowest BCUT2D eigenvalue weighted by Gasteiger charge is -2.06. The van der Waals surface area contributed by atoms with Crippen molar-refractivity contribution in [2.45, 2.75) is 19.5 Å². The van der Waals surface area contributed by atoms with Crippen molar-refractivity contribution in [3.05, 3.63) is 48.3 Å². The van der Waals surface area contributed by atoms with Crippen LogP contribution >= 0.6 is 0 Å². The molecule has 0 aliphatic carbocycles. The minimum atomic E-state index is 0.801. The predicted octanol–water partition coefficient (Wildman–Crippen LogP) is 1.24. The summed E-state index contributed by atoms with van der Waals surface area (Å²) in [5.74, 6) is 1.07. The van der Waals surface area contributed by atoms with Crippen LogP contribution < -0.4 is 5.32 Å². The third-order valence-electron chi connectivity index (χ3n) is 2.47. The van der Waals surface area contributed by atoms with E-state index in [2.05, 4.69) is 25.9 Å². The highest BCUT2D eigenvalue weighted by Crippen LogP contribution is 2.01. The van der Waals surface area contributed by atoms with Gasteiger partial charge in [0.2, 0.25) is 0 Å². The summed E-state index contributed by atoms with van der Waals surface area (Å²) < 4.78 is 2.16. The summed E-state index contributed by atoms with van der Waals surface area (Å²) in [4.78, 5) is 8.60. The van der Waals surface area contributed by atoms with Crippen LogP contribution in [0.4, 0.5) is 0 Å². The average molecular weight is 216 g/mol. The molecule has 0 unspecified atom stereocenters. The molecule has 2 aromatic heterocycles. The SMILES string of the molecule is CNCc1nccn1CCc1ccccn1. The van der Waals surface area contributed by atoms with E-state index in [0.29, 0.717) is 0 Å². The molecule has 0 aliphatic rings. The summed E-state index contributed by atoms with van der Waals surface area (Å²) in [6.45, 7) is 1.73. The summed E-state index contributed by atoms with van der Waals surface area (Å²) in [6.07, 6.45) is 6.62. The van der Waals surface area contributed by atoms with Crippen molar-refractivity contribution in [1.29, 1.82) is 0 Å². The lowest BCUT2D eigenvalue weighted by Crippen LogP contribution is -2.13. The van der Waals surface area contributed by atoms with E-state index >= 15 is 0 Å². The molecule has 0 bridgehead atoms. The number of aromatic nitrogens is 3. The van der Waals surface area contributed by atoms with Gasteiger partial charge in [-0.05, 0) is 19.2 Å². The van der Waals surface area contributed by atoms with Crippen LogP contribution in [-0.4, -0.2) is 21.6 Å². The number of imidazole rings is 1. The first kappa shape index (κ1) is 10.8. The van der Waals surface area contributed by atoms with Crippen molar-refractivity contribution in [3.63, 3.8) is 0 Å². The summed E-state index contributed by atoms with van der Waals surface area (Å²) in [6, 6.07) is 6.01. The van der Waals surface area contributed by atoms with E-state index < -0.39 is 0 Å². The van der Waals surface area contributed by atoms with Crippen LogP contribution in [0.5, 0.6) is 0 Å². The third kappa shape index (κ3) is 2.67. The van der Waals surface area contributed by atoms with Gasteiger partial charge in [0.15, 0.2) is 0 Å². The van der Waals surface area contributed by atoms with E-state index in [9.17, 15) is 0 Å². The zero-order chi connectivity index (χ0) is 11.2. The number of pyridine rings is 1. The summed E-state index contributed by atoms with van der Waals surface area (Å²) in [7, 11) is 1.93. The maximum atomic E-state index is 4.30. The zero-order valence-corrected chi connectivity index (χ0v) is 9.43. The highest BCUT2D eigenvalue weighted by Gasteiger charge is 2.01. The topological polar surface area (TPSA) is 42.7 Å². The zero-order valence-electron chi connectivity index (χ0n) is 9.43. The van der Waals surface area contributed by atoms with Crippen molar-refractivity contribution in [2.75, 3.05) is 7.05 Å². The Bertz CT molecular complexity index is 422. The summed E-state index contributed by atoms with van der Waals surface area (Å²) >= 11 is 0. The maximum Gasteiger partial charge on any atom is 0.122 e. The number of nitrogens with one attached hydrogen (secondary N) is 1. The molecule has 0 fully saturated rings. The van der Waals surface area contributed by atoms with Crippen LogP contribution in [0.15, 0.2) is 36.8 Å². The monoisotopic (exact) mass is 216 g/mol. The number of aryl methyl sites for hydroxylation is 2. The fourth-order valence-electron chi connectivity index (χ4n) is 1.65. The van der Waals surface area contributed by atoms with Crippen molar-refractivity contribution in [3.8, 4) is 0 Å². The molecule has 0 atom stereocenters. The third-order valence-corrected chi connectivity index (χ3v) is 2.47. The molecule has 0 spiro atoms. The predicted molar refractivity (Wildman–Crippen MR) is 62.9 cm³/mol. The molecule has 0 aliphatic heterocycles. The lowest BCUT2D eigenvalue weighted by atomic mass is 10.3. The van der Waals surface area contributed by atoms with Crippen LogP contribution in [0.25, 0.3) is 0 Å². The van der Waals surface area contributed by atoms with E-state index in [1.165, 1.54) is 0 Å². The quantitative estimate of drug-likeness (QED) is 0.817. The van der Waals surface area contributed by atoms with Crippen molar-refractivity contribution < 1.29 is 0 Å². The van der Waals surface area contributed by atoms with Gasteiger partial charge < -0.3 is 9.88 Å². The number of rotatable bonds is 5. The van der Waals surface area contributed by atoms with Crippen LogP contribution in [0.2, 0.25) is 0 Å². The lowest BCUT2D eigenvalue weighted by molar-refractivity contribution is 0.620. The van der Waals surface area contributed by atoms with Gasteiger partial charge in [-0.3, -0.25) is 4.98 Å². The highest BCUT2D eigenvalue weighted by molar-refractivity contribution is 5.04. The normalized spacial score (nSPS) is 10.6. The first-order chi connectivity index (χ1) is 7.90. The van der Waals surface area contributed by atoms with Gasteiger partial charge in [-0.2, -0.15) is 0 Å². The summed E-state index contributed by atoms with van der Waals surface area (Å²) in [5, 5.41) is 3.11. The average Bonchev–Trinajstić information content (AvgIpc) is 2.76. The minimum Gasteiger partial charge on any atom is -0.333 e. The molecule has 84 valence electrons. The van der Waals surface area contributed by atoms with E-state index in [4.69, 9.17) is 0 Å². The number of hydrogen-bond acceptors (Lipinski definition) is 3. The Hall–Kier alpha value is -1.68. The Morgan fingerprint density at radius 2 is 2.19 bits per heavy atom. The second-order valence-electron chi connectivity index (χ2n) is 3.64. The molecule has 0 amide bonds. The van der Waals surface area contributed by atoms with E-state index in [0.717, 1.165) is 31.0 Å². The smallest absolute Gasteiger partial charge is 0.122 e. The summed E-state index contributed by atoms with van der Waals surface area (Å²) in [5.41, 5.74) is 1.12. The van der Waals surface area contributed by atoms with Gasteiger partial charge in [0.05, 0.1) is 6.54 Å². The second-order valence-corrected chi connectivity index (χ2v) is 3.64. The van der Waals surface area contributed by atoms with Gasteiger partial charge >= 0.3 is 0 Å². The Morgan fingerprint density at radius 1 is 1.25 bits per heavy atom. The number of nitrogens with zero attached hydrogens (tertiary/aromatic N) is 3. The number of hydrogen-bond donors (Lipinski definition) is 1. The van der Waals surface area contributed by atoms with Crippen LogP contribution in [0.1, 0.15) is 11.5 Å². The largest absolute Gasteiger partial charge is 0.333 e. The molecule has 0 saturated heterocycles. The Kier molecular flexibility index (Phi) is 3.66. The minimum absolute atomic E-state index is 0.801. The molecule has 0 radical (unpaired) electrons.